The zero-order chi connectivity index (χ0) is 20.1. The number of rotatable bonds is 6. The van der Waals surface area contributed by atoms with Gasteiger partial charge in [-0.1, -0.05) is 0 Å². The Kier molecular flexibility index (Phi) is 6.79. The van der Waals surface area contributed by atoms with Gasteiger partial charge in [-0.25, -0.2) is 0 Å². The Hall–Kier alpha value is -2.27. The molecule has 3 rings (SSSR count). The normalized spacial score (nSPS) is 20.4. The lowest BCUT2D eigenvalue weighted by molar-refractivity contribution is -0.386. The fraction of sp³-hybridized carbons (Fsp3) is 0.611. The molecular weight excluding hydrogens is 370 g/mol. The van der Waals surface area contributed by atoms with Crippen molar-refractivity contribution in [1.29, 1.82) is 0 Å². The molecule has 10 heteroatoms. The Morgan fingerprint density at radius 2 is 1.79 bits per heavy atom. The predicted octanol–water partition coefficient (Wildman–Crippen LogP) is 0.485. The number of ether oxygens (including phenoxy) is 3. The molecule has 0 saturated carbocycles. The van der Waals surface area contributed by atoms with Crippen LogP contribution in [0.2, 0.25) is 0 Å². The van der Waals surface area contributed by atoms with Crippen LogP contribution in [0.4, 0.5) is 5.69 Å². The average molecular weight is 395 g/mol. The maximum Gasteiger partial charge on any atom is 0.311 e. The quantitative estimate of drug-likeness (QED) is 0.547. The van der Waals surface area contributed by atoms with Gasteiger partial charge in [-0.15, -0.1) is 0 Å². The second-order valence-corrected chi connectivity index (χ2v) is 6.74. The van der Waals surface area contributed by atoms with Crippen LogP contribution in [-0.2, 0) is 9.47 Å². The molecule has 0 aromatic heterocycles. The Morgan fingerprint density at radius 1 is 1.18 bits per heavy atom. The van der Waals surface area contributed by atoms with Gasteiger partial charge in [-0.2, -0.15) is 0 Å². The molecule has 0 bridgehead atoms. The van der Waals surface area contributed by atoms with Crippen LogP contribution in [0.3, 0.4) is 0 Å². The molecule has 10 nitrogen and oxygen atoms in total. The molecule has 1 aromatic rings. The number of nitro groups is 1. The molecule has 0 aliphatic carbocycles. The first-order valence-corrected chi connectivity index (χ1v) is 9.29. The summed E-state index contributed by atoms with van der Waals surface area (Å²) >= 11 is 0. The zero-order valence-electron chi connectivity index (χ0n) is 15.8. The van der Waals surface area contributed by atoms with Gasteiger partial charge in [0.1, 0.15) is 6.10 Å². The maximum absolute atomic E-state index is 12.7. The van der Waals surface area contributed by atoms with E-state index in [4.69, 9.17) is 14.2 Å². The summed E-state index contributed by atoms with van der Waals surface area (Å²) in [5.41, 5.74) is 0.0475. The van der Waals surface area contributed by atoms with Crippen LogP contribution < -0.4 is 4.74 Å². The van der Waals surface area contributed by atoms with Gasteiger partial charge in [0.25, 0.3) is 5.91 Å². The van der Waals surface area contributed by atoms with Gasteiger partial charge in [-0.05, 0) is 13.0 Å². The number of aliphatic hydroxyl groups excluding tert-OH is 1. The minimum Gasteiger partial charge on any atom is -0.465 e. The summed E-state index contributed by atoms with van der Waals surface area (Å²) in [6.07, 6.45) is -1.67. The Bertz CT molecular complexity index is 700. The smallest absolute Gasteiger partial charge is 0.311 e. The van der Waals surface area contributed by atoms with Gasteiger partial charge in [0.2, 0.25) is 0 Å². The van der Waals surface area contributed by atoms with E-state index in [1.807, 2.05) is 4.90 Å². The standard InChI is InChI=1S/C18H25N3O7/c1-13(22)18(20-6-10-27-11-7-20)28-16-12-14(2-3-15(16)21(24)25)17(23)19-4-8-26-9-5-19/h2-3,12-13,18,22H,4-11H2,1H3. The average Bonchev–Trinajstić information content (AvgIpc) is 2.72. The van der Waals surface area contributed by atoms with Crippen molar-refractivity contribution in [3.63, 3.8) is 0 Å². The van der Waals surface area contributed by atoms with E-state index in [0.29, 0.717) is 58.2 Å². The third kappa shape index (κ3) is 4.76. The van der Waals surface area contributed by atoms with Crippen LogP contribution in [0.1, 0.15) is 17.3 Å². The van der Waals surface area contributed by atoms with Crippen LogP contribution >= 0.6 is 0 Å². The van der Waals surface area contributed by atoms with Crippen molar-refractivity contribution in [2.75, 3.05) is 52.6 Å². The summed E-state index contributed by atoms with van der Waals surface area (Å²) in [6, 6.07) is 4.07. The van der Waals surface area contributed by atoms with Crippen LogP contribution in [0, 0.1) is 10.1 Å². The van der Waals surface area contributed by atoms with Crippen molar-refractivity contribution in [2.45, 2.75) is 19.3 Å². The molecule has 154 valence electrons. The molecular formula is C18H25N3O7. The highest BCUT2D eigenvalue weighted by molar-refractivity contribution is 5.95. The van der Waals surface area contributed by atoms with E-state index in [1.165, 1.54) is 18.2 Å². The molecule has 0 spiro atoms. The number of nitrogens with zero attached hydrogens (tertiary/aromatic N) is 3. The fourth-order valence-electron chi connectivity index (χ4n) is 3.28. The van der Waals surface area contributed by atoms with E-state index in [-0.39, 0.29) is 17.3 Å². The molecule has 0 radical (unpaired) electrons. The number of morpholine rings is 2. The van der Waals surface area contributed by atoms with E-state index in [9.17, 15) is 20.0 Å². The number of benzene rings is 1. The van der Waals surface area contributed by atoms with Crippen molar-refractivity contribution in [3.05, 3.63) is 33.9 Å². The van der Waals surface area contributed by atoms with E-state index in [2.05, 4.69) is 0 Å². The van der Waals surface area contributed by atoms with E-state index in [1.54, 1.807) is 11.8 Å². The van der Waals surface area contributed by atoms with Crippen LogP contribution in [0.5, 0.6) is 5.75 Å². The maximum atomic E-state index is 12.7. The Labute approximate surface area is 162 Å². The molecule has 1 aromatic carbocycles. The van der Waals surface area contributed by atoms with Gasteiger partial charge in [0, 0.05) is 43.9 Å². The molecule has 2 heterocycles. The molecule has 2 aliphatic rings. The Balaban J connectivity index is 1.86. The third-order valence-corrected chi connectivity index (χ3v) is 4.77. The number of hydrogen-bond acceptors (Lipinski definition) is 8. The van der Waals surface area contributed by atoms with Gasteiger partial charge < -0.3 is 24.2 Å². The zero-order valence-corrected chi connectivity index (χ0v) is 15.8. The van der Waals surface area contributed by atoms with E-state index in [0.717, 1.165) is 0 Å². The molecule has 1 N–H and O–H groups in total. The number of carbonyl (C=O) groups excluding carboxylic acids is 1. The summed E-state index contributed by atoms with van der Waals surface area (Å²) < 4.78 is 16.4. The first kappa shape index (κ1) is 20.5. The topological polar surface area (TPSA) is 115 Å². The molecule has 2 unspecified atom stereocenters. The second kappa shape index (κ2) is 9.28. The van der Waals surface area contributed by atoms with Crippen molar-refractivity contribution in [3.8, 4) is 5.75 Å². The molecule has 2 atom stereocenters. The molecule has 2 fully saturated rings. The summed E-state index contributed by atoms with van der Waals surface area (Å²) in [4.78, 5) is 27.1. The van der Waals surface area contributed by atoms with Crippen molar-refractivity contribution >= 4 is 11.6 Å². The molecule has 1 amide bonds. The highest BCUT2D eigenvalue weighted by atomic mass is 16.6. The van der Waals surface area contributed by atoms with Gasteiger partial charge in [-0.3, -0.25) is 19.8 Å². The minimum absolute atomic E-state index is 0.0403. The monoisotopic (exact) mass is 395 g/mol. The lowest BCUT2D eigenvalue weighted by atomic mass is 10.1. The van der Waals surface area contributed by atoms with Crippen LogP contribution in [0.25, 0.3) is 0 Å². The summed E-state index contributed by atoms with van der Waals surface area (Å²) in [6.45, 7) is 5.48. The summed E-state index contributed by atoms with van der Waals surface area (Å²) in [5, 5.41) is 21.6. The van der Waals surface area contributed by atoms with E-state index >= 15 is 0 Å². The second-order valence-electron chi connectivity index (χ2n) is 6.74. The van der Waals surface area contributed by atoms with Gasteiger partial charge >= 0.3 is 5.69 Å². The van der Waals surface area contributed by atoms with Gasteiger partial charge in [0.05, 0.1) is 31.4 Å². The molecule has 28 heavy (non-hydrogen) atoms. The van der Waals surface area contributed by atoms with Crippen molar-refractivity contribution < 1.29 is 29.0 Å². The van der Waals surface area contributed by atoms with E-state index < -0.39 is 17.3 Å². The third-order valence-electron chi connectivity index (χ3n) is 4.77. The SMILES string of the molecule is CC(O)C(Oc1cc(C(=O)N2CCOCC2)ccc1[N+](=O)[O-])N1CCOCC1. The summed E-state index contributed by atoms with van der Waals surface area (Å²) in [5.74, 6) is -0.274. The van der Waals surface area contributed by atoms with Crippen molar-refractivity contribution in [1.82, 2.24) is 9.80 Å². The summed E-state index contributed by atoms with van der Waals surface area (Å²) in [7, 11) is 0. The number of carbonyl (C=O) groups is 1. The first-order valence-electron chi connectivity index (χ1n) is 9.29. The highest BCUT2D eigenvalue weighted by Crippen LogP contribution is 2.30. The largest absolute Gasteiger partial charge is 0.465 e. The molecule has 2 saturated heterocycles. The molecule has 2 aliphatic heterocycles. The van der Waals surface area contributed by atoms with Gasteiger partial charge in [0.15, 0.2) is 12.0 Å². The lowest BCUT2D eigenvalue weighted by Crippen LogP contribution is -2.51. The highest BCUT2D eigenvalue weighted by Gasteiger charge is 2.30. The lowest BCUT2D eigenvalue weighted by Gasteiger charge is -2.35. The van der Waals surface area contributed by atoms with Crippen LogP contribution in [0.15, 0.2) is 18.2 Å². The number of nitro benzene ring substituents is 1. The fourth-order valence-corrected chi connectivity index (χ4v) is 3.28. The number of amides is 1. The Morgan fingerprint density at radius 3 is 2.36 bits per heavy atom. The number of hydrogen-bond donors (Lipinski definition) is 1. The predicted molar refractivity (Wildman–Crippen MR) is 98.3 cm³/mol. The first-order chi connectivity index (χ1) is 13.5. The van der Waals surface area contributed by atoms with Crippen molar-refractivity contribution in [2.24, 2.45) is 0 Å². The minimum atomic E-state index is -0.892. The number of aliphatic hydroxyl groups is 1. The van der Waals surface area contributed by atoms with Crippen LogP contribution in [-0.4, -0.2) is 90.7 Å².